The van der Waals surface area contributed by atoms with Crippen molar-refractivity contribution in [2.75, 3.05) is 0 Å². The molecule has 16 rings (SSSR count). The third-order valence-electron chi connectivity index (χ3n) is 15.7. The summed E-state index contributed by atoms with van der Waals surface area (Å²) in [6.45, 7) is 0. The molecule has 0 saturated carbocycles. The van der Waals surface area contributed by atoms with Gasteiger partial charge in [-0.2, -0.15) is 0 Å². The van der Waals surface area contributed by atoms with Gasteiger partial charge in [0.25, 0.3) is 0 Å². The van der Waals surface area contributed by atoms with E-state index < -0.39 is 0 Å². The molecule has 4 heterocycles. The summed E-state index contributed by atoms with van der Waals surface area (Å²) in [5.41, 5.74) is 20.8. The number of rotatable bonds is 7. The zero-order valence-electron chi connectivity index (χ0n) is 41.1. The third-order valence-corrected chi connectivity index (χ3v) is 15.7. The van der Waals surface area contributed by atoms with Gasteiger partial charge in [0.1, 0.15) is 0 Å². The highest BCUT2D eigenvalue weighted by Gasteiger charge is 2.24. The highest BCUT2D eigenvalue weighted by molar-refractivity contribution is 6.14. The Morgan fingerprint density at radius 3 is 1.17 bits per heavy atom. The molecule has 0 unspecified atom stereocenters. The van der Waals surface area contributed by atoms with Gasteiger partial charge in [-0.1, -0.05) is 164 Å². The molecule has 1 aliphatic carbocycles. The molecule has 0 aliphatic heterocycles. The Balaban J connectivity index is 0.816. The van der Waals surface area contributed by atoms with E-state index in [1.54, 1.807) is 0 Å². The highest BCUT2D eigenvalue weighted by atomic mass is 15.0. The molecular formula is C70H44N6. The summed E-state index contributed by atoms with van der Waals surface area (Å²) >= 11 is 0. The van der Waals surface area contributed by atoms with Gasteiger partial charge >= 0.3 is 0 Å². The Morgan fingerprint density at radius 1 is 0.237 bits per heavy atom. The van der Waals surface area contributed by atoms with Crippen molar-refractivity contribution >= 4 is 65.4 Å². The van der Waals surface area contributed by atoms with Crippen molar-refractivity contribution in [3.8, 4) is 73.5 Å². The molecule has 0 atom stereocenters. The predicted molar refractivity (Wildman–Crippen MR) is 313 cm³/mol. The molecule has 15 aromatic rings. The van der Waals surface area contributed by atoms with Gasteiger partial charge in [-0.3, -0.25) is 0 Å². The van der Waals surface area contributed by atoms with Crippen LogP contribution in [0.4, 0.5) is 0 Å². The first-order valence-electron chi connectivity index (χ1n) is 26.0. The van der Waals surface area contributed by atoms with Crippen LogP contribution in [-0.4, -0.2) is 28.7 Å². The molecule has 1 aliphatic rings. The molecule has 0 bridgehead atoms. The maximum atomic E-state index is 5.08. The van der Waals surface area contributed by atoms with Crippen LogP contribution in [0.3, 0.4) is 0 Å². The zero-order chi connectivity index (χ0) is 49.8. The summed E-state index contributed by atoms with van der Waals surface area (Å²) in [7, 11) is 0. The second-order valence-corrected chi connectivity index (χ2v) is 20.0. The fraction of sp³-hybridized carbons (Fsp3) is 0.0143. The molecule has 76 heavy (non-hydrogen) atoms. The number of hydrogen-bond acceptors (Lipinski definition) is 3. The first-order valence-corrected chi connectivity index (χ1v) is 26.0. The first-order chi connectivity index (χ1) is 37.7. The van der Waals surface area contributed by atoms with Crippen LogP contribution in [0.1, 0.15) is 11.1 Å². The molecule has 6 nitrogen and oxygen atoms in total. The lowest BCUT2D eigenvalue weighted by Gasteiger charge is -2.12. The maximum absolute atomic E-state index is 5.08. The number of benzene rings is 11. The number of aromatic nitrogens is 6. The van der Waals surface area contributed by atoms with E-state index in [4.69, 9.17) is 15.0 Å². The number of fused-ring (bicyclic) bond motifs is 12. The van der Waals surface area contributed by atoms with Crippen LogP contribution < -0.4 is 0 Å². The van der Waals surface area contributed by atoms with Gasteiger partial charge in [-0.25, -0.2) is 15.0 Å². The monoisotopic (exact) mass is 968 g/mol. The smallest absolute Gasteiger partial charge is 0.164 e. The third kappa shape index (κ3) is 6.57. The summed E-state index contributed by atoms with van der Waals surface area (Å²) in [4.78, 5) is 15.1. The van der Waals surface area contributed by atoms with Gasteiger partial charge in [0.2, 0.25) is 0 Å². The lowest BCUT2D eigenvalue weighted by atomic mass is 10.0. The van der Waals surface area contributed by atoms with E-state index in [0.717, 1.165) is 40.2 Å². The lowest BCUT2D eigenvalue weighted by molar-refractivity contribution is 1.07. The van der Waals surface area contributed by atoms with Gasteiger partial charge in [0.05, 0.1) is 33.1 Å². The van der Waals surface area contributed by atoms with E-state index in [2.05, 4.69) is 232 Å². The molecule has 6 heteroatoms. The molecule has 4 aromatic heterocycles. The van der Waals surface area contributed by atoms with Crippen LogP contribution in [0.25, 0.3) is 139 Å². The largest absolute Gasteiger partial charge is 0.309 e. The highest BCUT2D eigenvalue weighted by Crippen LogP contribution is 2.44. The topological polar surface area (TPSA) is 53.5 Å². The predicted octanol–water partition coefficient (Wildman–Crippen LogP) is 17.4. The minimum Gasteiger partial charge on any atom is -0.309 e. The fourth-order valence-corrected chi connectivity index (χ4v) is 12.2. The summed E-state index contributed by atoms with van der Waals surface area (Å²) in [6, 6.07) is 92.1. The van der Waals surface area contributed by atoms with Gasteiger partial charge in [-0.15, -0.1) is 0 Å². The van der Waals surface area contributed by atoms with E-state index in [1.165, 1.54) is 98.8 Å². The van der Waals surface area contributed by atoms with E-state index in [-0.39, 0.29) is 0 Å². The van der Waals surface area contributed by atoms with E-state index >= 15 is 0 Å². The SMILES string of the molecule is c1ccc(-c2nc(-c3ccccc3)nc(-c3ccc4c(c3)-c3cc(-n5c6ccccc6c6cc(-c7ccc8c(c7)c7cc(-n9c%10ccccc%10c%10ccccc%109)ccc7n8-c7ccccc7)ccc65)ccc3C4)n2)cc1. The summed E-state index contributed by atoms with van der Waals surface area (Å²) < 4.78 is 7.27. The molecule has 0 fully saturated rings. The fourth-order valence-electron chi connectivity index (χ4n) is 12.2. The molecule has 0 saturated heterocycles. The van der Waals surface area contributed by atoms with Crippen LogP contribution in [0.15, 0.2) is 255 Å². The van der Waals surface area contributed by atoms with E-state index in [0.29, 0.717) is 17.5 Å². The minimum absolute atomic E-state index is 0.656. The van der Waals surface area contributed by atoms with Crippen LogP contribution in [0.5, 0.6) is 0 Å². The normalized spacial score (nSPS) is 12.2. The summed E-state index contributed by atoms with van der Waals surface area (Å²) in [5.74, 6) is 1.97. The van der Waals surface area contributed by atoms with Gasteiger partial charge in [0, 0.05) is 66.1 Å². The van der Waals surface area contributed by atoms with Crippen LogP contribution in [0, 0.1) is 0 Å². The Labute approximate surface area is 437 Å². The molecule has 354 valence electrons. The number of para-hydroxylation sites is 4. The average Bonchev–Trinajstić information content (AvgIpc) is 4.29. The molecule has 0 amide bonds. The Morgan fingerprint density at radius 2 is 0.605 bits per heavy atom. The second-order valence-electron chi connectivity index (χ2n) is 20.0. The van der Waals surface area contributed by atoms with Gasteiger partial charge in [-0.05, 0) is 131 Å². The van der Waals surface area contributed by atoms with Crippen molar-refractivity contribution in [1.82, 2.24) is 28.7 Å². The number of hydrogen-bond donors (Lipinski definition) is 0. The zero-order valence-corrected chi connectivity index (χ0v) is 41.1. The quantitative estimate of drug-likeness (QED) is 0.160. The average molecular weight is 969 g/mol. The number of nitrogens with zero attached hydrogens (tertiary/aromatic N) is 6. The lowest BCUT2D eigenvalue weighted by Crippen LogP contribution is -2.00. The van der Waals surface area contributed by atoms with Crippen molar-refractivity contribution in [2.45, 2.75) is 6.42 Å². The molecule has 0 spiro atoms. The van der Waals surface area contributed by atoms with Crippen LogP contribution >= 0.6 is 0 Å². The van der Waals surface area contributed by atoms with Crippen molar-refractivity contribution < 1.29 is 0 Å². The van der Waals surface area contributed by atoms with Crippen LogP contribution in [0.2, 0.25) is 0 Å². The second kappa shape index (κ2) is 16.7. The Hall–Kier alpha value is -10.2. The Kier molecular flexibility index (Phi) is 9.30. The first kappa shape index (κ1) is 42.3. The van der Waals surface area contributed by atoms with Gasteiger partial charge < -0.3 is 13.7 Å². The van der Waals surface area contributed by atoms with Gasteiger partial charge in [0.15, 0.2) is 17.5 Å². The van der Waals surface area contributed by atoms with E-state index in [1.807, 2.05) is 36.4 Å². The molecule has 0 N–H and O–H groups in total. The molecular weight excluding hydrogens is 925 g/mol. The van der Waals surface area contributed by atoms with Crippen molar-refractivity contribution in [3.05, 3.63) is 266 Å². The standard InChI is InChI=1S/C70H44N6/c1-4-16-44(17-5-1)68-71-69(45-18-6-2-7-19-45)73-70(72-68)50-29-28-48-38-49-30-33-52(42-58(49)57(48)41-50)76-64-27-15-12-24-56(64)59-39-46(31-35-65(59)76)47-32-36-66-60(40-47)61-43-53(34-37-67(61)74(66)51-20-8-3-9-21-51)75-62-25-13-10-22-54(62)55-23-11-14-26-63(55)75/h1-37,39-43H,38H2. The van der Waals surface area contributed by atoms with E-state index in [9.17, 15) is 0 Å². The van der Waals surface area contributed by atoms with Crippen molar-refractivity contribution in [1.29, 1.82) is 0 Å². The Bertz CT molecular complexity index is 4720. The van der Waals surface area contributed by atoms with Crippen molar-refractivity contribution in [2.24, 2.45) is 0 Å². The summed E-state index contributed by atoms with van der Waals surface area (Å²) in [5, 5.41) is 7.38. The summed E-state index contributed by atoms with van der Waals surface area (Å²) in [6.07, 6.45) is 0.874. The van der Waals surface area contributed by atoms with Crippen molar-refractivity contribution in [3.63, 3.8) is 0 Å². The molecule has 11 aromatic carbocycles. The maximum Gasteiger partial charge on any atom is 0.164 e. The molecule has 0 radical (unpaired) electrons. The minimum atomic E-state index is 0.656. The van der Waals surface area contributed by atoms with Crippen LogP contribution in [-0.2, 0) is 6.42 Å².